The molecular formula is C12H14. The standard InChI is InChI=1S/C12H14/c1-2-10-7-5-8-11-6-3-4-9-12(10)11/h3-9,11-12H,2H2,1H3. The molecule has 0 heteroatoms. The zero-order valence-corrected chi connectivity index (χ0v) is 7.40. The Morgan fingerprint density at radius 2 is 1.83 bits per heavy atom. The summed E-state index contributed by atoms with van der Waals surface area (Å²) in [5.74, 6) is 1.26. The topological polar surface area (TPSA) is 0 Å². The van der Waals surface area contributed by atoms with Crippen LogP contribution >= 0.6 is 0 Å². The molecule has 2 aliphatic carbocycles. The van der Waals surface area contributed by atoms with Gasteiger partial charge in [0, 0.05) is 11.8 Å². The summed E-state index contributed by atoms with van der Waals surface area (Å²) in [6.07, 6.45) is 16.8. The largest absolute Gasteiger partial charge is 0.0767 e. The Hall–Kier alpha value is -1.04. The van der Waals surface area contributed by atoms with Gasteiger partial charge in [0.15, 0.2) is 0 Å². The van der Waals surface area contributed by atoms with E-state index in [1.54, 1.807) is 5.57 Å². The maximum atomic E-state index is 2.31. The summed E-state index contributed by atoms with van der Waals surface area (Å²) >= 11 is 0. The van der Waals surface area contributed by atoms with Gasteiger partial charge >= 0.3 is 0 Å². The third-order valence-electron chi connectivity index (χ3n) is 2.66. The van der Waals surface area contributed by atoms with Crippen molar-refractivity contribution in [3.8, 4) is 0 Å². The third kappa shape index (κ3) is 1.18. The van der Waals surface area contributed by atoms with Gasteiger partial charge in [0.2, 0.25) is 0 Å². The van der Waals surface area contributed by atoms with E-state index in [1.165, 1.54) is 6.42 Å². The molecule has 62 valence electrons. The van der Waals surface area contributed by atoms with Crippen LogP contribution in [0.25, 0.3) is 0 Å². The van der Waals surface area contributed by atoms with Crippen molar-refractivity contribution in [2.75, 3.05) is 0 Å². The molecule has 2 aliphatic rings. The number of allylic oxidation sites excluding steroid dienone is 8. The van der Waals surface area contributed by atoms with Gasteiger partial charge in [0.1, 0.15) is 0 Å². The molecule has 0 fully saturated rings. The molecule has 0 N–H and O–H groups in total. The molecule has 0 bridgehead atoms. The zero-order chi connectivity index (χ0) is 8.39. The van der Waals surface area contributed by atoms with Crippen molar-refractivity contribution in [2.45, 2.75) is 13.3 Å². The first kappa shape index (κ1) is 7.60. The molecule has 2 atom stereocenters. The van der Waals surface area contributed by atoms with Crippen molar-refractivity contribution >= 4 is 0 Å². The van der Waals surface area contributed by atoms with Gasteiger partial charge in [-0.05, 0) is 6.42 Å². The van der Waals surface area contributed by atoms with Gasteiger partial charge in [-0.15, -0.1) is 0 Å². The summed E-state index contributed by atoms with van der Waals surface area (Å²) in [6, 6.07) is 0. The molecule has 0 aromatic heterocycles. The van der Waals surface area contributed by atoms with E-state index in [0.717, 1.165) is 0 Å². The van der Waals surface area contributed by atoms with E-state index < -0.39 is 0 Å². The monoisotopic (exact) mass is 158 g/mol. The van der Waals surface area contributed by atoms with Crippen LogP contribution in [0.3, 0.4) is 0 Å². The zero-order valence-electron chi connectivity index (χ0n) is 7.40. The fourth-order valence-corrected chi connectivity index (χ4v) is 1.95. The summed E-state index contributed by atoms with van der Waals surface area (Å²) in [5, 5.41) is 0. The third-order valence-corrected chi connectivity index (χ3v) is 2.66. The summed E-state index contributed by atoms with van der Waals surface area (Å²) in [5.41, 5.74) is 1.56. The number of hydrogen-bond donors (Lipinski definition) is 0. The van der Waals surface area contributed by atoms with Crippen molar-refractivity contribution < 1.29 is 0 Å². The Balaban J connectivity index is 2.28. The fraction of sp³-hybridized carbons (Fsp3) is 0.333. The second kappa shape index (κ2) is 3.14. The molecule has 12 heavy (non-hydrogen) atoms. The quantitative estimate of drug-likeness (QED) is 0.549. The molecule has 0 amide bonds. The molecule has 0 nitrogen and oxygen atoms in total. The average molecular weight is 158 g/mol. The average Bonchev–Trinajstić information content (AvgIpc) is 2.17. The van der Waals surface area contributed by atoms with Gasteiger partial charge in [-0.2, -0.15) is 0 Å². The Kier molecular flexibility index (Phi) is 1.99. The lowest BCUT2D eigenvalue weighted by Gasteiger charge is -2.26. The molecule has 0 heterocycles. The predicted molar refractivity (Wildman–Crippen MR) is 52.8 cm³/mol. The van der Waals surface area contributed by atoms with Crippen molar-refractivity contribution in [2.24, 2.45) is 11.8 Å². The first-order chi connectivity index (χ1) is 5.92. The van der Waals surface area contributed by atoms with Crippen molar-refractivity contribution in [1.29, 1.82) is 0 Å². The molecule has 0 aromatic carbocycles. The van der Waals surface area contributed by atoms with E-state index in [-0.39, 0.29) is 0 Å². The van der Waals surface area contributed by atoms with Crippen molar-refractivity contribution in [3.05, 3.63) is 48.1 Å². The van der Waals surface area contributed by atoms with Crippen molar-refractivity contribution in [3.63, 3.8) is 0 Å². The minimum Gasteiger partial charge on any atom is -0.0767 e. The van der Waals surface area contributed by atoms with E-state index >= 15 is 0 Å². The Labute approximate surface area is 74.0 Å². The maximum absolute atomic E-state index is 2.31. The lowest BCUT2D eigenvalue weighted by Crippen LogP contribution is -2.15. The van der Waals surface area contributed by atoms with E-state index in [4.69, 9.17) is 0 Å². The molecule has 0 aromatic rings. The molecule has 2 rings (SSSR count). The Morgan fingerprint density at radius 1 is 1.08 bits per heavy atom. The van der Waals surface area contributed by atoms with Crippen LogP contribution in [0.4, 0.5) is 0 Å². The smallest absolute Gasteiger partial charge is 0.00806 e. The van der Waals surface area contributed by atoms with Crippen LogP contribution in [-0.4, -0.2) is 0 Å². The first-order valence-corrected chi connectivity index (χ1v) is 4.64. The minimum absolute atomic E-state index is 0.620. The second-order valence-electron chi connectivity index (χ2n) is 3.35. The first-order valence-electron chi connectivity index (χ1n) is 4.64. The number of fused-ring (bicyclic) bond motifs is 1. The molecule has 0 saturated heterocycles. The highest BCUT2D eigenvalue weighted by Crippen LogP contribution is 2.32. The van der Waals surface area contributed by atoms with Gasteiger partial charge in [-0.3, -0.25) is 0 Å². The highest BCUT2D eigenvalue weighted by atomic mass is 14.2. The highest BCUT2D eigenvalue weighted by molar-refractivity contribution is 5.33. The normalized spacial score (nSPS) is 31.6. The van der Waals surface area contributed by atoms with Gasteiger partial charge in [0.05, 0.1) is 0 Å². The van der Waals surface area contributed by atoms with Gasteiger partial charge in [-0.1, -0.05) is 55.0 Å². The molecule has 2 unspecified atom stereocenters. The van der Waals surface area contributed by atoms with Crippen LogP contribution in [0.1, 0.15) is 13.3 Å². The second-order valence-corrected chi connectivity index (χ2v) is 3.35. The van der Waals surface area contributed by atoms with Crippen molar-refractivity contribution in [1.82, 2.24) is 0 Å². The molecular weight excluding hydrogens is 144 g/mol. The van der Waals surface area contributed by atoms with Crippen LogP contribution in [0.2, 0.25) is 0 Å². The van der Waals surface area contributed by atoms with Crippen LogP contribution in [0, 0.1) is 11.8 Å². The van der Waals surface area contributed by atoms with E-state index in [0.29, 0.717) is 11.8 Å². The Morgan fingerprint density at radius 3 is 2.67 bits per heavy atom. The highest BCUT2D eigenvalue weighted by Gasteiger charge is 2.20. The summed E-state index contributed by atoms with van der Waals surface area (Å²) in [7, 11) is 0. The fourth-order valence-electron chi connectivity index (χ4n) is 1.95. The number of hydrogen-bond acceptors (Lipinski definition) is 0. The van der Waals surface area contributed by atoms with E-state index in [1.807, 2.05) is 0 Å². The number of rotatable bonds is 1. The van der Waals surface area contributed by atoms with Gasteiger partial charge < -0.3 is 0 Å². The molecule has 0 spiro atoms. The van der Waals surface area contributed by atoms with Crippen LogP contribution in [0.15, 0.2) is 48.1 Å². The summed E-state index contributed by atoms with van der Waals surface area (Å²) in [6.45, 7) is 2.23. The van der Waals surface area contributed by atoms with Crippen LogP contribution in [0.5, 0.6) is 0 Å². The summed E-state index contributed by atoms with van der Waals surface area (Å²) in [4.78, 5) is 0. The lowest BCUT2D eigenvalue weighted by atomic mass is 9.79. The maximum Gasteiger partial charge on any atom is 0.00806 e. The lowest BCUT2D eigenvalue weighted by molar-refractivity contribution is 0.605. The van der Waals surface area contributed by atoms with Crippen LogP contribution < -0.4 is 0 Å². The summed E-state index contributed by atoms with van der Waals surface area (Å²) < 4.78 is 0. The van der Waals surface area contributed by atoms with Crippen LogP contribution in [-0.2, 0) is 0 Å². The minimum atomic E-state index is 0.620. The molecule has 0 saturated carbocycles. The van der Waals surface area contributed by atoms with E-state index in [9.17, 15) is 0 Å². The van der Waals surface area contributed by atoms with Gasteiger partial charge in [0.25, 0.3) is 0 Å². The van der Waals surface area contributed by atoms with Gasteiger partial charge in [-0.25, -0.2) is 0 Å². The molecule has 0 aliphatic heterocycles. The predicted octanol–water partition coefficient (Wildman–Crippen LogP) is 3.25. The molecule has 0 radical (unpaired) electrons. The Bertz CT molecular complexity index is 276. The SMILES string of the molecule is CCC1=CC=CC2C=CC=CC12. The van der Waals surface area contributed by atoms with E-state index in [2.05, 4.69) is 49.5 Å².